The van der Waals surface area contributed by atoms with E-state index >= 15 is 0 Å². The van der Waals surface area contributed by atoms with E-state index in [-0.39, 0.29) is 0 Å². The number of fused-ring (bicyclic) bond motifs is 1. The molecule has 26 heavy (non-hydrogen) atoms. The number of aromatic nitrogens is 3. The van der Waals surface area contributed by atoms with Crippen molar-refractivity contribution in [3.05, 3.63) is 47.8 Å². The Labute approximate surface area is 154 Å². The molecule has 0 bridgehead atoms. The largest absolute Gasteiger partial charge is 0.360 e. The fourth-order valence-electron chi connectivity index (χ4n) is 3.70. The van der Waals surface area contributed by atoms with Crippen LogP contribution in [0.25, 0.3) is 11.5 Å². The molecule has 4 rings (SSSR count). The molecule has 6 heteroatoms. The van der Waals surface area contributed by atoms with Crippen LogP contribution in [0.4, 0.5) is 0 Å². The highest BCUT2D eigenvalue weighted by Crippen LogP contribution is 2.44. The third kappa shape index (κ3) is 3.07. The number of amidine groups is 1. The molecule has 2 fully saturated rings. The second-order valence-electron chi connectivity index (χ2n) is 7.22. The topological polar surface area (TPSA) is 58.7 Å². The minimum Gasteiger partial charge on any atom is -0.360 e. The molecule has 0 radical (unpaired) electrons. The third-order valence-electron chi connectivity index (χ3n) is 5.36. The summed E-state index contributed by atoms with van der Waals surface area (Å²) in [4.78, 5) is 20.1. The van der Waals surface area contributed by atoms with Crippen LogP contribution >= 0.6 is 0 Å². The van der Waals surface area contributed by atoms with Gasteiger partial charge < -0.3 is 9.47 Å². The summed E-state index contributed by atoms with van der Waals surface area (Å²) >= 11 is 0. The van der Waals surface area contributed by atoms with Gasteiger partial charge in [0.15, 0.2) is 5.82 Å². The third-order valence-corrected chi connectivity index (χ3v) is 5.36. The van der Waals surface area contributed by atoms with Crippen LogP contribution in [0.2, 0.25) is 0 Å². The Morgan fingerprint density at radius 2 is 1.88 bits per heavy atom. The van der Waals surface area contributed by atoms with Crippen LogP contribution in [0.3, 0.4) is 0 Å². The lowest BCUT2D eigenvalue weighted by Gasteiger charge is -2.18. The standard InChI is InChI=1S/C20H24N6/c1-13-5-6-14(2)26(13)20-10-22-8-19(24-20)18(21-4)9-23-15(3)25-11-16-7-17(16)12-25/h5-6,8-10,16-17H,4,7,11-12H2,1-3H3/b18-9-,23-15+. The van der Waals surface area contributed by atoms with E-state index in [2.05, 4.69) is 64.1 Å². The summed E-state index contributed by atoms with van der Waals surface area (Å²) in [5.74, 6) is 3.57. The second kappa shape index (κ2) is 6.52. The van der Waals surface area contributed by atoms with Crippen molar-refractivity contribution in [2.24, 2.45) is 21.8 Å². The quantitative estimate of drug-likeness (QED) is 0.629. The van der Waals surface area contributed by atoms with Crippen molar-refractivity contribution < 1.29 is 0 Å². The molecule has 1 aliphatic carbocycles. The fraction of sp³-hybridized carbons (Fsp3) is 0.400. The van der Waals surface area contributed by atoms with Gasteiger partial charge in [-0.25, -0.2) is 9.98 Å². The van der Waals surface area contributed by atoms with Gasteiger partial charge in [0.1, 0.15) is 17.2 Å². The molecule has 134 valence electrons. The Morgan fingerprint density at radius 3 is 2.54 bits per heavy atom. The monoisotopic (exact) mass is 348 g/mol. The maximum Gasteiger partial charge on any atom is 0.156 e. The summed E-state index contributed by atoms with van der Waals surface area (Å²) in [6.45, 7) is 12.1. The van der Waals surface area contributed by atoms with E-state index in [1.807, 2.05) is 0 Å². The van der Waals surface area contributed by atoms with Gasteiger partial charge >= 0.3 is 0 Å². The molecule has 0 amide bonds. The van der Waals surface area contributed by atoms with Gasteiger partial charge in [-0.15, -0.1) is 0 Å². The molecule has 0 N–H and O–H groups in total. The van der Waals surface area contributed by atoms with Crippen molar-refractivity contribution >= 4 is 18.3 Å². The highest BCUT2D eigenvalue weighted by molar-refractivity contribution is 5.82. The van der Waals surface area contributed by atoms with E-state index in [4.69, 9.17) is 4.98 Å². The van der Waals surface area contributed by atoms with Gasteiger partial charge in [-0.05, 0) is 57.9 Å². The number of hydrogen-bond donors (Lipinski definition) is 0. The maximum absolute atomic E-state index is 4.72. The first-order chi connectivity index (χ1) is 12.6. The number of piperidine rings is 1. The van der Waals surface area contributed by atoms with E-state index in [9.17, 15) is 0 Å². The average molecular weight is 348 g/mol. The van der Waals surface area contributed by atoms with Gasteiger partial charge in [0.2, 0.25) is 0 Å². The molecule has 1 aliphatic heterocycles. The molecule has 2 atom stereocenters. The first kappa shape index (κ1) is 16.7. The van der Waals surface area contributed by atoms with E-state index in [0.29, 0.717) is 11.4 Å². The van der Waals surface area contributed by atoms with Crippen LogP contribution < -0.4 is 0 Å². The minimum absolute atomic E-state index is 0.630. The summed E-state index contributed by atoms with van der Waals surface area (Å²) < 4.78 is 2.07. The lowest BCUT2D eigenvalue weighted by atomic mass is 10.3. The number of hydrogen-bond acceptors (Lipinski definition) is 4. The number of aryl methyl sites for hydroxylation is 2. The van der Waals surface area contributed by atoms with Crippen molar-refractivity contribution in [3.63, 3.8) is 0 Å². The first-order valence-electron chi connectivity index (χ1n) is 9.01. The smallest absolute Gasteiger partial charge is 0.156 e. The molecule has 2 aliphatic rings. The van der Waals surface area contributed by atoms with Crippen LogP contribution in [-0.4, -0.2) is 45.1 Å². The fourth-order valence-corrected chi connectivity index (χ4v) is 3.70. The molecular weight excluding hydrogens is 324 g/mol. The summed E-state index contributed by atoms with van der Waals surface area (Å²) in [6.07, 6.45) is 6.60. The van der Waals surface area contributed by atoms with Crippen molar-refractivity contribution in [2.75, 3.05) is 13.1 Å². The Bertz CT molecular complexity index is 877. The number of likely N-dealkylation sites (tertiary alicyclic amines) is 1. The van der Waals surface area contributed by atoms with Crippen LogP contribution in [0.5, 0.6) is 0 Å². The van der Waals surface area contributed by atoms with E-state index in [0.717, 1.165) is 48.0 Å². The van der Waals surface area contributed by atoms with Crippen LogP contribution in [0.1, 0.15) is 30.4 Å². The SMILES string of the molecule is C=N/C(=C\N=C(/C)N1CC2CC2C1)c1cncc(-n2c(C)ccc2C)n1. The zero-order valence-corrected chi connectivity index (χ0v) is 15.6. The van der Waals surface area contributed by atoms with Crippen molar-refractivity contribution in [2.45, 2.75) is 27.2 Å². The zero-order chi connectivity index (χ0) is 18.3. The van der Waals surface area contributed by atoms with Crippen molar-refractivity contribution in [1.82, 2.24) is 19.4 Å². The van der Waals surface area contributed by atoms with Crippen molar-refractivity contribution in [3.8, 4) is 5.82 Å². The lowest BCUT2D eigenvalue weighted by molar-refractivity contribution is 0.459. The molecular formula is C20H24N6. The molecule has 2 aromatic rings. The first-order valence-corrected chi connectivity index (χ1v) is 9.01. The van der Waals surface area contributed by atoms with Gasteiger partial charge in [-0.2, -0.15) is 0 Å². The predicted molar refractivity (Wildman–Crippen MR) is 105 cm³/mol. The molecule has 3 heterocycles. The van der Waals surface area contributed by atoms with Gasteiger partial charge in [0.25, 0.3) is 0 Å². The van der Waals surface area contributed by atoms with E-state index in [1.165, 1.54) is 6.42 Å². The average Bonchev–Trinajstić information content (AvgIpc) is 3.10. The Kier molecular flexibility index (Phi) is 4.18. The molecule has 6 nitrogen and oxygen atoms in total. The van der Waals surface area contributed by atoms with Crippen molar-refractivity contribution in [1.29, 1.82) is 0 Å². The molecule has 2 aromatic heterocycles. The van der Waals surface area contributed by atoms with Gasteiger partial charge in [0, 0.05) is 24.5 Å². The lowest BCUT2D eigenvalue weighted by Crippen LogP contribution is -2.27. The van der Waals surface area contributed by atoms with Crippen LogP contribution in [0.15, 0.2) is 40.7 Å². The number of nitrogens with zero attached hydrogens (tertiary/aromatic N) is 6. The molecule has 1 saturated carbocycles. The minimum atomic E-state index is 0.630. The normalized spacial score (nSPS) is 22.5. The maximum atomic E-state index is 4.72. The highest BCUT2D eigenvalue weighted by atomic mass is 15.2. The van der Waals surface area contributed by atoms with Crippen LogP contribution in [-0.2, 0) is 0 Å². The molecule has 2 unspecified atom stereocenters. The van der Waals surface area contributed by atoms with E-state index in [1.54, 1.807) is 18.6 Å². The summed E-state index contributed by atoms with van der Waals surface area (Å²) in [6, 6.07) is 4.14. The summed E-state index contributed by atoms with van der Waals surface area (Å²) in [5, 5.41) is 0. The second-order valence-corrected chi connectivity index (χ2v) is 7.22. The van der Waals surface area contributed by atoms with Gasteiger partial charge in [-0.3, -0.25) is 9.98 Å². The zero-order valence-electron chi connectivity index (χ0n) is 15.6. The Morgan fingerprint density at radius 1 is 1.19 bits per heavy atom. The molecule has 0 aromatic carbocycles. The number of aliphatic imine (C=N–C) groups is 2. The Hall–Kier alpha value is -2.76. The molecule has 0 spiro atoms. The van der Waals surface area contributed by atoms with Gasteiger partial charge in [0.05, 0.1) is 18.6 Å². The summed E-state index contributed by atoms with van der Waals surface area (Å²) in [5.41, 5.74) is 3.54. The summed E-state index contributed by atoms with van der Waals surface area (Å²) in [7, 11) is 0. The predicted octanol–water partition coefficient (Wildman–Crippen LogP) is 3.25. The van der Waals surface area contributed by atoms with E-state index < -0.39 is 0 Å². The highest BCUT2D eigenvalue weighted by Gasteiger charge is 2.45. The van der Waals surface area contributed by atoms with Crippen LogP contribution in [0, 0.1) is 25.7 Å². The number of rotatable bonds is 4. The van der Waals surface area contributed by atoms with Gasteiger partial charge in [-0.1, -0.05) is 0 Å². The molecule has 1 saturated heterocycles. The Balaban J connectivity index is 1.60.